The maximum atomic E-state index is 12.9. The highest BCUT2D eigenvalue weighted by atomic mass is 16.5. The zero-order valence-electron chi connectivity index (χ0n) is 16.2. The second-order valence-corrected chi connectivity index (χ2v) is 7.38. The molecule has 1 saturated carbocycles. The predicted molar refractivity (Wildman–Crippen MR) is 107 cm³/mol. The van der Waals surface area contributed by atoms with E-state index in [2.05, 4.69) is 15.6 Å². The molecule has 1 aromatic heterocycles. The molecule has 1 aromatic carbocycles. The molecular formula is C22H27N3O3. The van der Waals surface area contributed by atoms with E-state index < -0.39 is 0 Å². The zero-order valence-corrected chi connectivity index (χ0v) is 16.2. The summed E-state index contributed by atoms with van der Waals surface area (Å²) in [5.74, 6) is 0.890. The molecule has 0 aliphatic heterocycles. The van der Waals surface area contributed by atoms with Crippen LogP contribution in [0.15, 0.2) is 48.8 Å². The van der Waals surface area contributed by atoms with Gasteiger partial charge >= 0.3 is 0 Å². The molecule has 3 rings (SSSR count). The molecular weight excluding hydrogens is 354 g/mol. The number of nitrogens with one attached hydrogen (secondary N) is 2. The molecule has 6 nitrogen and oxygen atoms in total. The number of carbonyl (C=O) groups excluding carboxylic acids is 2. The van der Waals surface area contributed by atoms with Gasteiger partial charge in [-0.3, -0.25) is 14.6 Å². The average Bonchev–Trinajstić information content (AvgIpc) is 2.74. The molecule has 2 aromatic rings. The van der Waals surface area contributed by atoms with Gasteiger partial charge in [-0.15, -0.1) is 0 Å². The van der Waals surface area contributed by atoms with Gasteiger partial charge < -0.3 is 15.4 Å². The van der Waals surface area contributed by atoms with Crippen LogP contribution in [0.4, 0.5) is 0 Å². The number of benzene rings is 1. The number of ether oxygens (including phenoxy) is 1. The van der Waals surface area contributed by atoms with Crippen LogP contribution in [-0.2, 0) is 4.79 Å². The van der Waals surface area contributed by atoms with E-state index in [0.29, 0.717) is 30.0 Å². The summed E-state index contributed by atoms with van der Waals surface area (Å²) in [4.78, 5) is 28.9. The first-order valence-corrected chi connectivity index (χ1v) is 9.78. The zero-order chi connectivity index (χ0) is 19.8. The highest BCUT2D eigenvalue weighted by molar-refractivity contribution is 5.97. The standard InChI is InChI=1S/C22H27N3O3/c1-23-20(26)14-22(11-5-2-6-12-22)16-25-21(27)18-9-3-4-10-19(18)28-17-8-7-13-24-15-17/h3-4,7-10,13,15H,2,5-6,11-12,14,16H2,1H3,(H,23,26)(H,25,27). The molecule has 0 unspecified atom stereocenters. The minimum Gasteiger partial charge on any atom is -0.455 e. The SMILES string of the molecule is CNC(=O)CC1(CNC(=O)c2ccccc2Oc2cccnc2)CCCCC1. The number of nitrogens with zero attached hydrogens (tertiary/aromatic N) is 1. The first kappa shape index (κ1) is 19.9. The molecule has 0 bridgehead atoms. The summed E-state index contributed by atoms with van der Waals surface area (Å²) in [6.45, 7) is 0.487. The number of hydrogen-bond donors (Lipinski definition) is 2. The molecule has 2 N–H and O–H groups in total. The van der Waals surface area contributed by atoms with Gasteiger partial charge in [-0.1, -0.05) is 31.4 Å². The summed E-state index contributed by atoms with van der Waals surface area (Å²) in [5, 5.41) is 5.77. The number of amides is 2. The lowest BCUT2D eigenvalue weighted by Gasteiger charge is -2.37. The smallest absolute Gasteiger partial charge is 0.255 e. The topological polar surface area (TPSA) is 80.3 Å². The number of hydrogen-bond acceptors (Lipinski definition) is 4. The Morgan fingerprint density at radius 1 is 1.11 bits per heavy atom. The fourth-order valence-electron chi connectivity index (χ4n) is 3.79. The van der Waals surface area contributed by atoms with Crippen LogP contribution in [0.2, 0.25) is 0 Å². The van der Waals surface area contributed by atoms with Crippen LogP contribution in [0.5, 0.6) is 11.5 Å². The van der Waals surface area contributed by atoms with Gasteiger partial charge in [-0.2, -0.15) is 0 Å². The van der Waals surface area contributed by atoms with Gasteiger partial charge in [0.2, 0.25) is 5.91 Å². The largest absolute Gasteiger partial charge is 0.455 e. The van der Waals surface area contributed by atoms with Crippen LogP contribution >= 0.6 is 0 Å². The van der Waals surface area contributed by atoms with Gasteiger partial charge in [0.1, 0.15) is 11.5 Å². The van der Waals surface area contributed by atoms with E-state index in [1.54, 1.807) is 43.7 Å². The van der Waals surface area contributed by atoms with Crippen LogP contribution in [-0.4, -0.2) is 30.4 Å². The minimum atomic E-state index is -0.193. The van der Waals surface area contributed by atoms with Crippen molar-refractivity contribution >= 4 is 11.8 Å². The summed E-state index contributed by atoms with van der Waals surface area (Å²) in [6.07, 6.45) is 8.99. The van der Waals surface area contributed by atoms with E-state index in [1.165, 1.54) is 6.42 Å². The maximum Gasteiger partial charge on any atom is 0.255 e. The van der Waals surface area contributed by atoms with Gasteiger partial charge in [-0.25, -0.2) is 0 Å². The van der Waals surface area contributed by atoms with Gasteiger partial charge in [0.05, 0.1) is 11.8 Å². The van der Waals surface area contributed by atoms with Crippen molar-refractivity contribution in [2.24, 2.45) is 5.41 Å². The van der Waals surface area contributed by atoms with Crippen molar-refractivity contribution < 1.29 is 14.3 Å². The molecule has 6 heteroatoms. The summed E-state index contributed by atoms with van der Waals surface area (Å²) >= 11 is 0. The Balaban J connectivity index is 1.71. The van der Waals surface area contributed by atoms with Crippen LogP contribution in [0, 0.1) is 5.41 Å². The van der Waals surface area contributed by atoms with Crippen molar-refractivity contribution in [3.63, 3.8) is 0 Å². The van der Waals surface area contributed by atoms with Gasteiger partial charge in [-0.05, 0) is 42.5 Å². The van der Waals surface area contributed by atoms with Gasteiger partial charge in [0, 0.05) is 26.2 Å². The quantitative estimate of drug-likeness (QED) is 0.766. The normalized spacial score (nSPS) is 15.5. The average molecular weight is 381 g/mol. The summed E-state index contributed by atoms with van der Waals surface area (Å²) in [7, 11) is 1.66. The Morgan fingerprint density at radius 3 is 2.61 bits per heavy atom. The van der Waals surface area contributed by atoms with Crippen molar-refractivity contribution in [1.29, 1.82) is 0 Å². The fraction of sp³-hybridized carbons (Fsp3) is 0.409. The monoisotopic (exact) mass is 381 g/mol. The lowest BCUT2D eigenvalue weighted by Crippen LogP contribution is -2.42. The van der Waals surface area contributed by atoms with Gasteiger partial charge in [0.15, 0.2) is 0 Å². The van der Waals surface area contributed by atoms with Crippen LogP contribution in [0.1, 0.15) is 48.9 Å². The van der Waals surface area contributed by atoms with Crippen LogP contribution in [0.3, 0.4) is 0 Å². The van der Waals surface area contributed by atoms with E-state index in [1.807, 2.05) is 12.1 Å². The summed E-state index contributed by atoms with van der Waals surface area (Å²) in [6, 6.07) is 10.7. The molecule has 1 aliphatic rings. The molecule has 1 fully saturated rings. The third kappa shape index (κ3) is 5.09. The number of aromatic nitrogens is 1. The Hall–Kier alpha value is -2.89. The second kappa shape index (κ2) is 9.35. The molecule has 148 valence electrons. The third-order valence-corrected chi connectivity index (χ3v) is 5.35. The summed E-state index contributed by atoms with van der Waals surface area (Å²) in [5.41, 5.74) is 0.296. The molecule has 2 amide bonds. The van der Waals surface area contributed by atoms with Crippen molar-refractivity contribution in [2.45, 2.75) is 38.5 Å². The Morgan fingerprint density at radius 2 is 1.89 bits per heavy atom. The second-order valence-electron chi connectivity index (χ2n) is 7.38. The fourth-order valence-corrected chi connectivity index (χ4v) is 3.79. The molecule has 0 atom stereocenters. The molecule has 0 spiro atoms. The van der Waals surface area contributed by atoms with E-state index in [4.69, 9.17) is 4.74 Å². The highest BCUT2D eigenvalue weighted by Crippen LogP contribution is 2.39. The molecule has 0 saturated heterocycles. The van der Waals surface area contributed by atoms with Crippen LogP contribution < -0.4 is 15.4 Å². The van der Waals surface area contributed by atoms with E-state index >= 15 is 0 Å². The molecule has 1 aliphatic carbocycles. The molecule has 1 heterocycles. The van der Waals surface area contributed by atoms with Crippen molar-refractivity contribution in [1.82, 2.24) is 15.6 Å². The van der Waals surface area contributed by atoms with Gasteiger partial charge in [0.25, 0.3) is 5.91 Å². The number of pyridine rings is 1. The molecule has 28 heavy (non-hydrogen) atoms. The van der Waals surface area contributed by atoms with Crippen molar-refractivity contribution in [2.75, 3.05) is 13.6 Å². The first-order chi connectivity index (χ1) is 13.6. The minimum absolute atomic E-state index is 0.0245. The Kier molecular flexibility index (Phi) is 6.63. The summed E-state index contributed by atoms with van der Waals surface area (Å²) < 4.78 is 5.84. The Bertz CT molecular complexity index is 802. The van der Waals surface area contributed by atoms with E-state index in [0.717, 1.165) is 25.7 Å². The highest BCUT2D eigenvalue weighted by Gasteiger charge is 2.34. The first-order valence-electron chi connectivity index (χ1n) is 9.78. The maximum absolute atomic E-state index is 12.9. The predicted octanol–water partition coefficient (Wildman–Crippen LogP) is 3.69. The number of rotatable bonds is 7. The Labute approximate surface area is 165 Å². The van der Waals surface area contributed by atoms with Crippen LogP contribution in [0.25, 0.3) is 0 Å². The number of carbonyl (C=O) groups is 2. The number of para-hydroxylation sites is 1. The molecule has 0 radical (unpaired) electrons. The lowest BCUT2D eigenvalue weighted by atomic mass is 9.71. The van der Waals surface area contributed by atoms with E-state index in [9.17, 15) is 9.59 Å². The van der Waals surface area contributed by atoms with Crippen molar-refractivity contribution in [3.8, 4) is 11.5 Å². The van der Waals surface area contributed by atoms with Crippen molar-refractivity contribution in [3.05, 3.63) is 54.4 Å². The lowest BCUT2D eigenvalue weighted by molar-refractivity contribution is -0.123. The third-order valence-electron chi connectivity index (χ3n) is 5.35. The van der Waals surface area contributed by atoms with E-state index in [-0.39, 0.29) is 17.2 Å².